The van der Waals surface area contributed by atoms with Crippen LogP contribution in [0.5, 0.6) is 0 Å². The van der Waals surface area contributed by atoms with Crippen molar-refractivity contribution < 1.29 is 14.4 Å². The zero-order valence-corrected chi connectivity index (χ0v) is 13.4. The summed E-state index contributed by atoms with van der Waals surface area (Å²) in [5.74, 6) is -0.271. The molecule has 1 unspecified atom stereocenters. The van der Waals surface area contributed by atoms with E-state index in [2.05, 4.69) is 5.32 Å². The molecule has 0 saturated carbocycles. The predicted octanol–water partition coefficient (Wildman–Crippen LogP) is 2.21. The number of urea groups is 1. The maximum Gasteiger partial charge on any atom is 0.327 e. The van der Waals surface area contributed by atoms with Gasteiger partial charge < -0.3 is 10.2 Å². The molecule has 2 fully saturated rings. The number of anilines is 1. The maximum atomic E-state index is 12.3. The van der Waals surface area contributed by atoms with E-state index in [0.717, 1.165) is 18.4 Å². The third-order valence-electron chi connectivity index (χ3n) is 4.34. The first kappa shape index (κ1) is 15.5. The molecule has 122 valence electrons. The molecule has 1 aromatic rings. The second kappa shape index (κ2) is 6.02. The number of hydrogen-bond acceptors (Lipinski definition) is 3. The number of nitrogens with zero attached hydrogens (tertiary/aromatic N) is 2. The Morgan fingerprint density at radius 3 is 2.83 bits per heavy atom. The third-order valence-corrected chi connectivity index (χ3v) is 4.34. The van der Waals surface area contributed by atoms with E-state index in [1.165, 1.54) is 4.90 Å². The van der Waals surface area contributed by atoms with Crippen molar-refractivity contribution in [3.8, 4) is 0 Å². The minimum atomic E-state index is -0.272. The smallest absolute Gasteiger partial charge is 0.326 e. The van der Waals surface area contributed by atoms with Gasteiger partial charge in [0.15, 0.2) is 0 Å². The highest BCUT2D eigenvalue weighted by atomic mass is 16.2. The molecule has 23 heavy (non-hydrogen) atoms. The van der Waals surface area contributed by atoms with Crippen LogP contribution in [0.25, 0.3) is 0 Å². The van der Waals surface area contributed by atoms with Crippen molar-refractivity contribution in [1.82, 2.24) is 9.80 Å². The van der Waals surface area contributed by atoms with Crippen LogP contribution in [0.2, 0.25) is 0 Å². The van der Waals surface area contributed by atoms with Crippen molar-refractivity contribution >= 4 is 23.5 Å². The number of hydrogen-bond donors (Lipinski definition) is 1. The van der Waals surface area contributed by atoms with Crippen LogP contribution in [0.3, 0.4) is 0 Å². The van der Waals surface area contributed by atoms with Crippen LogP contribution in [0.1, 0.15) is 32.3 Å². The SMILES string of the molecule is CC(C)C(=O)Nc1cccc(CN2C(=O)C3CCCN3C2=O)c1. The van der Waals surface area contributed by atoms with Gasteiger partial charge in [-0.2, -0.15) is 0 Å². The Bertz CT molecular complexity index is 634. The molecular formula is C17H21N3O3. The number of amides is 4. The quantitative estimate of drug-likeness (QED) is 0.866. The van der Waals surface area contributed by atoms with E-state index in [0.29, 0.717) is 12.2 Å². The van der Waals surface area contributed by atoms with Crippen molar-refractivity contribution in [3.05, 3.63) is 29.8 Å². The Morgan fingerprint density at radius 2 is 2.13 bits per heavy atom. The Balaban J connectivity index is 1.72. The van der Waals surface area contributed by atoms with Crippen molar-refractivity contribution in [2.24, 2.45) is 5.92 Å². The van der Waals surface area contributed by atoms with Crippen LogP contribution in [0.15, 0.2) is 24.3 Å². The van der Waals surface area contributed by atoms with Gasteiger partial charge in [0.2, 0.25) is 5.91 Å². The van der Waals surface area contributed by atoms with Crippen molar-refractivity contribution in [3.63, 3.8) is 0 Å². The molecule has 0 aromatic heterocycles. The molecule has 6 nitrogen and oxygen atoms in total. The number of imide groups is 1. The summed E-state index contributed by atoms with van der Waals surface area (Å²) in [6, 6.07) is 6.81. The highest BCUT2D eigenvalue weighted by Gasteiger charge is 2.47. The molecule has 1 atom stereocenters. The zero-order valence-electron chi connectivity index (χ0n) is 13.4. The minimum Gasteiger partial charge on any atom is -0.326 e. The van der Waals surface area contributed by atoms with Gasteiger partial charge in [0.1, 0.15) is 6.04 Å². The Kier molecular flexibility index (Phi) is 4.07. The maximum absolute atomic E-state index is 12.3. The Labute approximate surface area is 135 Å². The molecule has 2 aliphatic heterocycles. The molecule has 2 heterocycles. The van der Waals surface area contributed by atoms with Gasteiger partial charge in [0.25, 0.3) is 5.91 Å². The number of fused-ring (bicyclic) bond motifs is 1. The third kappa shape index (κ3) is 2.93. The van der Waals surface area contributed by atoms with E-state index >= 15 is 0 Å². The monoisotopic (exact) mass is 315 g/mol. The Hall–Kier alpha value is -2.37. The number of carbonyl (C=O) groups is 3. The molecular weight excluding hydrogens is 294 g/mol. The van der Waals surface area contributed by atoms with Gasteiger partial charge in [-0.1, -0.05) is 26.0 Å². The lowest BCUT2D eigenvalue weighted by Crippen LogP contribution is -2.32. The molecule has 2 aliphatic rings. The standard InChI is InChI=1S/C17H21N3O3/c1-11(2)15(21)18-13-6-3-5-12(9-13)10-20-16(22)14-7-4-8-19(14)17(20)23/h3,5-6,9,11,14H,4,7-8,10H2,1-2H3,(H,18,21). The minimum absolute atomic E-state index is 0.0591. The molecule has 3 rings (SSSR count). The molecule has 0 aliphatic carbocycles. The normalized spacial score (nSPS) is 20.4. The average molecular weight is 315 g/mol. The van der Waals surface area contributed by atoms with Crippen molar-refractivity contribution in [1.29, 1.82) is 0 Å². The molecule has 6 heteroatoms. The van der Waals surface area contributed by atoms with Crippen LogP contribution in [-0.4, -0.2) is 40.2 Å². The fourth-order valence-corrected chi connectivity index (χ4v) is 3.04. The van der Waals surface area contributed by atoms with Crippen LogP contribution in [0, 0.1) is 5.92 Å². The van der Waals surface area contributed by atoms with Crippen LogP contribution >= 0.6 is 0 Å². The summed E-state index contributed by atoms with van der Waals surface area (Å²) < 4.78 is 0. The second-order valence-electron chi connectivity index (χ2n) is 6.40. The lowest BCUT2D eigenvalue weighted by atomic mass is 10.1. The molecule has 1 aromatic carbocycles. The summed E-state index contributed by atoms with van der Waals surface area (Å²) in [6.07, 6.45) is 1.65. The number of nitrogens with one attached hydrogen (secondary N) is 1. The van der Waals surface area contributed by atoms with Gasteiger partial charge in [0.05, 0.1) is 6.54 Å². The number of benzene rings is 1. The van der Waals surface area contributed by atoms with Gasteiger partial charge in [-0.15, -0.1) is 0 Å². The van der Waals surface area contributed by atoms with Gasteiger partial charge in [-0.3, -0.25) is 14.5 Å². The van der Waals surface area contributed by atoms with E-state index < -0.39 is 0 Å². The molecule has 4 amide bonds. The predicted molar refractivity (Wildman–Crippen MR) is 85.6 cm³/mol. The lowest BCUT2D eigenvalue weighted by Gasteiger charge is -2.16. The van der Waals surface area contributed by atoms with E-state index in [-0.39, 0.29) is 36.3 Å². The van der Waals surface area contributed by atoms with Gasteiger partial charge in [-0.05, 0) is 30.5 Å². The Morgan fingerprint density at radius 1 is 1.35 bits per heavy atom. The topological polar surface area (TPSA) is 69.7 Å². The summed E-state index contributed by atoms with van der Waals surface area (Å²) in [7, 11) is 0. The summed E-state index contributed by atoms with van der Waals surface area (Å²) in [5.41, 5.74) is 1.51. The number of rotatable bonds is 4. The first-order valence-electron chi connectivity index (χ1n) is 7.99. The van der Waals surface area contributed by atoms with Crippen LogP contribution < -0.4 is 5.32 Å². The second-order valence-corrected chi connectivity index (χ2v) is 6.40. The van der Waals surface area contributed by atoms with Crippen molar-refractivity contribution in [2.75, 3.05) is 11.9 Å². The van der Waals surface area contributed by atoms with Gasteiger partial charge >= 0.3 is 6.03 Å². The fraction of sp³-hybridized carbons (Fsp3) is 0.471. The summed E-state index contributed by atoms with van der Waals surface area (Å²) in [4.78, 5) is 39.4. The first-order valence-corrected chi connectivity index (χ1v) is 7.99. The lowest BCUT2D eigenvalue weighted by molar-refractivity contribution is -0.128. The summed E-state index contributed by atoms with van der Waals surface area (Å²) in [6.45, 7) is 4.56. The van der Waals surface area contributed by atoms with Gasteiger partial charge in [0, 0.05) is 18.2 Å². The van der Waals surface area contributed by atoms with Crippen molar-refractivity contribution in [2.45, 2.75) is 39.3 Å². The fourth-order valence-electron chi connectivity index (χ4n) is 3.04. The molecule has 0 bridgehead atoms. The zero-order chi connectivity index (χ0) is 16.6. The molecule has 1 N–H and O–H groups in total. The summed E-state index contributed by atoms with van der Waals surface area (Å²) in [5, 5.41) is 2.83. The molecule has 2 saturated heterocycles. The highest BCUT2D eigenvalue weighted by molar-refractivity contribution is 6.04. The highest BCUT2D eigenvalue weighted by Crippen LogP contribution is 2.28. The van der Waals surface area contributed by atoms with Gasteiger partial charge in [-0.25, -0.2) is 4.79 Å². The van der Waals surface area contributed by atoms with E-state index in [1.807, 2.05) is 32.0 Å². The molecule has 0 radical (unpaired) electrons. The number of carbonyl (C=O) groups excluding carboxylic acids is 3. The van der Waals surface area contributed by atoms with Crippen LogP contribution in [-0.2, 0) is 16.1 Å². The average Bonchev–Trinajstić information content (AvgIpc) is 3.08. The largest absolute Gasteiger partial charge is 0.327 e. The summed E-state index contributed by atoms with van der Waals surface area (Å²) >= 11 is 0. The molecule has 0 spiro atoms. The van der Waals surface area contributed by atoms with E-state index in [9.17, 15) is 14.4 Å². The van der Waals surface area contributed by atoms with E-state index in [4.69, 9.17) is 0 Å². The van der Waals surface area contributed by atoms with Crippen LogP contribution in [0.4, 0.5) is 10.5 Å². The van der Waals surface area contributed by atoms with E-state index in [1.54, 1.807) is 11.0 Å². The first-order chi connectivity index (χ1) is 11.0.